The van der Waals surface area contributed by atoms with Crippen LogP contribution in [0.5, 0.6) is 0 Å². The van der Waals surface area contributed by atoms with Crippen molar-refractivity contribution in [3.63, 3.8) is 0 Å². The summed E-state index contributed by atoms with van der Waals surface area (Å²) in [5, 5.41) is 3.40. The lowest BCUT2D eigenvalue weighted by molar-refractivity contribution is 0.589. The molecule has 1 fully saturated rings. The molecule has 0 radical (unpaired) electrons. The highest BCUT2D eigenvalue weighted by Gasteiger charge is 2.14. The quantitative estimate of drug-likeness (QED) is 0.744. The Kier molecular flexibility index (Phi) is 2.37. The minimum absolute atomic E-state index is 1.12. The van der Waals surface area contributed by atoms with Gasteiger partial charge in [-0.2, -0.15) is 0 Å². The predicted octanol–water partition coefficient (Wildman–Crippen LogP) is 1.58. The van der Waals surface area contributed by atoms with E-state index in [1.807, 2.05) is 0 Å². The lowest BCUT2D eigenvalue weighted by Crippen LogP contribution is -2.43. The van der Waals surface area contributed by atoms with Crippen molar-refractivity contribution in [2.75, 3.05) is 31.1 Å². The van der Waals surface area contributed by atoms with E-state index in [0.29, 0.717) is 0 Å². The topological polar surface area (TPSA) is 15.3 Å². The second kappa shape index (κ2) is 3.86. The van der Waals surface area contributed by atoms with Gasteiger partial charge in [0.25, 0.3) is 0 Å². The van der Waals surface area contributed by atoms with E-state index in [1.165, 1.54) is 24.9 Å². The summed E-state index contributed by atoms with van der Waals surface area (Å²) >= 11 is 0. The first-order valence-electron chi connectivity index (χ1n) is 6.01. The largest absolute Gasteiger partial charge is 0.369 e. The lowest BCUT2D eigenvalue weighted by atomic mass is 10.1. The summed E-state index contributed by atoms with van der Waals surface area (Å²) in [7, 11) is 0. The SMILES string of the molecule is c1cc2c(cc1N1CCNCC1)CCC2. The zero-order chi connectivity index (χ0) is 10.1. The molecule has 80 valence electrons. The molecule has 0 saturated carbocycles. The zero-order valence-electron chi connectivity index (χ0n) is 9.13. The Hall–Kier alpha value is -1.02. The molecule has 2 nitrogen and oxygen atoms in total. The molecule has 0 atom stereocenters. The van der Waals surface area contributed by atoms with Gasteiger partial charge < -0.3 is 10.2 Å². The van der Waals surface area contributed by atoms with E-state index in [2.05, 4.69) is 28.4 Å². The summed E-state index contributed by atoms with van der Waals surface area (Å²) in [4.78, 5) is 2.50. The Morgan fingerprint density at radius 2 is 1.80 bits per heavy atom. The number of rotatable bonds is 1. The summed E-state index contributed by atoms with van der Waals surface area (Å²) in [6, 6.07) is 7.04. The van der Waals surface area contributed by atoms with Crippen molar-refractivity contribution in [1.29, 1.82) is 0 Å². The molecule has 0 unspecified atom stereocenters. The molecule has 3 rings (SSSR count). The summed E-state index contributed by atoms with van der Waals surface area (Å²) in [6.07, 6.45) is 3.92. The molecule has 15 heavy (non-hydrogen) atoms. The smallest absolute Gasteiger partial charge is 0.0370 e. The van der Waals surface area contributed by atoms with Crippen LogP contribution < -0.4 is 10.2 Å². The Balaban J connectivity index is 1.85. The minimum Gasteiger partial charge on any atom is -0.369 e. The summed E-state index contributed by atoms with van der Waals surface area (Å²) in [6.45, 7) is 4.55. The van der Waals surface area contributed by atoms with Crippen molar-refractivity contribution in [2.45, 2.75) is 19.3 Å². The van der Waals surface area contributed by atoms with Gasteiger partial charge in [0.05, 0.1) is 0 Å². The van der Waals surface area contributed by atoms with E-state index >= 15 is 0 Å². The molecule has 1 aliphatic carbocycles. The Bertz CT molecular complexity index is 354. The molecular weight excluding hydrogens is 184 g/mol. The highest BCUT2D eigenvalue weighted by atomic mass is 15.2. The molecule has 1 N–H and O–H groups in total. The second-order valence-corrected chi connectivity index (χ2v) is 4.54. The standard InChI is InChI=1S/C13H18N2/c1-2-11-4-5-13(10-12(11)3-1)15-8-6-14-7-9-15/h4-5,10,14H,1-3,6-9H2. The van der Waals surface area contributed by atoms with E-state index < -0.39 is 0 Å². The van der Waals surface area contributed by atoms with Crippen LogP contribution in [0.2, 0.25) is 0 Å². The number of nitrogens with one attached hydrogen (secondary N) is 1. The normalized spacial score (nSPS) is 20.4. The van der Waals surface area contributed by atoms with E-state index in [9.17, 15) is 0 Å². The van der Waals surface area contributed by atoms with E-state index in [0.717, 1.165) is 26.2 Å². The fourth-order valence-corrected chi connectivity index (χ4v) is 2.68. The third kappa shape index (κ3) is 1.74. The Morgan fingerprint density at radius 3 is 2.67 bits per heavy atom. The Morgan fingerprint density at radius 1 is 1.00 bits per heavy atom. The third-order valence-electron chi connectivity index (χ3n) is 3.56. The van der Waals surface area contributed by atoms with Crippen LogP contribution in [0.15, 0.2) is 18.2 Å². The van der Waals surface area contributed by atoms with Crippen molar-refractivity contribution in [1.82, 2.24) is 5.32 Å². The third-order valence-corrected chi connectivity index (χ3v) is 3.56. The van der Waals surface area contributed by atoms with E-state index in [1.54, 1.807) is 11.1 Å². The number of hydrogen-bond donors (Lipinski definition) is 1. The maximum Gasteiger partial charge on any atom is 0.0370 e. The zero-order valence-corrected chi connectivity index (χ0v) is 9.13. The molecule has 0 bridgehead atoms. The molecule has 1 aliphatic heterocycles. The molecule has 1 aromatic rings. The highest BCUT2D eigenvalue weighted by molar-refractivity contribution is 5.52. The lowest BCUT2D eigenvalue weighted by Gasteiger charge is -2.29. The van der Waals surface area contributed by atoms with Crippen LogP contribution in [-0.2, 0) is 12.8 Å². The summed E-state index contributed by atoms with van der Waals surface area (Å²) < 4.78 is 0. The molecule has 2 heteroatoms. The maximum atomic E-state index is 3.40. The average Bonchev–Trinajstić information content (AvgIpc) is 2.77. The van der Waals surface area contributed by atoms with Crippen LogP contribution >= 0.6 is 0 Å². The second-order valence-electron chi connectivity index (χ2n) is 4.54. The van der Waals surface area contributed by atoms with E-state index in [4.69, 9.17) is 0 Å². The first-order valence-corrected chi connectivity index (χ1v) is 6.01. The predicted molar refractivity (Wildman–Crippen MR) is 63.5 cm³/mol. The van der Waals surface area contributed by atoms with Crippen molar-refractivity contribution in [3.05, 3.63) is 29.3 Å². The number of fused-ring (bicyclic) bond motifs is 1. The first-order chi connectivity index (χ1) is 7.43. The van der Waals surface area contributed by atoms with Crippen LogP contribution in [0.1, 0.15) is 17.5 Å². The van der Waals surface area contributed by atoms with Gasteiger partial charge in [-0.1, -0.05) is 6.07 Å². The number of piperazine rings is 1. The van der Waals surface area contributed by atoms with Crippen LogP contribution in [0.25, 0.3) is 0 Å². The molecule has 2 aliphatic rings. The molecule has 0 spiro atoms. The van der Waals surface area contributed by atoms with E-state index in [-0.39, 0.29) is 0 Å². The molecule has 1 aromatic carbocycles. The van der Waals surface area contributed by atoms with Crippen LogP contribution in [0, 0.1) is 0 Å². The van der Waals surface area contributed by atoms with Crippen molar-refractivity contribution >= 4 is 5.69 Å². The van der Waals surface area contributed by atoms with Gasteiger partial charge in [-0.25, -0.2) is 0 Å². The summed E-state index contributed by atoms with van der Waals surface area (Å²) in [5.74, 6) is 0. The minimum atomic E-state index is 1.12. The molecular formula is C13H18N2. The maximum absolute atomic E-state index is 3.40. The van der Waals surface area contributed by atoms with Crippen molar-refractivity contribution in [3.8, 4) is 0 Å². The van der Waals surface area contributed by atoms with Gasteiger partial charge in [0.2, 0.25) is 0 Å². The molecule has 0 amide bonds. The average molecular weight is 202 g/mol. The van der Waals surface area contributed by atoms with Gasteiger partial charge >= 0.3 is 0 Å². The number of aryl methyl sites for hydroxylation is 2. The van der Waals surface area contributed by atoms with Crippen molar-refractivity contribution in [2.24, 2.45) is 0 Å². The van der Waals surface area contributed by atoms with Gasteiger partial charge in [-0.3, -0.25) is 0 Å². The van der Waals surface area contributed by atoms with Gasteiger partial charge in [0, 0.05) is 31.9 Å². The van der Waals surface area contributed by atoms with Gasteiger partial charge in [-0.05, 0) is 42.5 Å². The van der Waals surface area contributed by atoms with Gasteiger partial charge in [0.1, 0.15) is 0 Å². The van der Waals surface area contributed by atoms with Crippen LogP contribution in [0.4, 0.5) is 5.69 Å². The highest BCUT2D eigenvalue weighted by Crippen LogP contribution is 2.26. The fraction of sp³-hybridized carbons (Fsp3) is 0.538. The first kappa shape index (κ1) is 9.22. The number of anilines is 1. The number of benzene rings is 1. The monoisotopic (exact) mass is 202 g/mol. The molecule has 1 heterocycles. The van der Waals surface area contributed by atoms with Crippen LogP contribution in [-0.4, -0.2) is 26.2 Å². The Labute approximate surface area is 91.3 Å². The number of hydrogen-bond acceptors (Lipinski definition) is 2. The van der Waals surface area contributed by atoms with Gasteiger partial charge in [0.15, 0.2) is 0 Å². The van der Waals surface area contributed by atoms with Crippen molar-refractivity contribution < 1.29 is 0 Å². The van der Waals surface area contributed by atoms with Gasteiger partial charge in [-0.15, -0.1) is 0 Å². The molecule has 1 saturated heterocycles. The summed E-state index contributed by atoms with van der Waals surface area (Å²) in [5.41, 5.74) is 4.59. The fourth-order valence-electron chi connectivity index (χ4n) is 2.68. The molecule has 0 aromatic heterocycles. The van der Waals surface area contributed by atoms with Crippen LogP contribution in [0.3, 0.4) is 0 Å². The number of nitrogens with zero attached hydrogens (tertiary/aromatic N) is 1.